The Labute approximate surface area is 117 Å². The second-order valence-corrected chi connectivity index (χ2v) is 4.37. The van der Waals surface area contributed by atoms with Crippen molar-refractivity contribution in [2.24, 2.45) is 0 Å². The molecular weight excluding hydrogens is 254 g/mol. The summed E-state index contributed by atoms with van der Waals surface area (Å²) < 4.78 is 0. The van der Waals surface area contributed by atoms with Gasteiger partial charge in [0.2, 0.25) is 0 Å². The molecule has 0 aliphatic carbocycles. The van der Waals surface area contributed by atoms with Crippen molar-refractivity contribution < 1.29 is 4.79 Å². The summed E-state index contributed by atoms with van der Waals surface area (Å²) in [5, 5.41) is 5.98. The smallest absolute Gasteiger partial charge is 0.251 e. The molecule has 0 atom stereocenters. The van der Waals surface area contributed by atoms with E-state index < -0.39 is 0 Å². The molecular formula is C14H19N5O. The van der Waals surface area contributed by atoms with Gasteiger partial charge in [-0.25, -0.2) is 4.98 Å². The number of aromatic amines is 1. The summed E-state index contributed by atoms with van der Waals surface area (Å²) in [6.07, 6.45) is 4.31. The Bertz CT molecular complexity index is 565. The third-order valence-corrected chi connectivity index (χ3v) is 2.88. The van der Waals surface area contributed by atoms with E-state index in [1.807, 2.05) is 13.0 Å². The molecule has 0 aliphatic heterocycles. The molecule has 2 aromatic rings. The molecule has 0 saturated carbocycles. The lowest BCUT2D eigenvalue weighted by atomic mass is 10.1. The molecule has 1 heterocycles. The largest absolute Gasteiger partial charge is 0.397 e. The van der Waals surface area contributed by atoms with Crippen LogP contribution in [-0.4, -0.2) is 29.0 Å². The van der Waals surface area contributed by atoms with Gasteiger partial charge in [0.1, 0.15) is 5.82 Å². The minimum absolute atomic E-state index is 0.110. The van der Waals surface area contributed by atoms with Gasteiger partial charge in [-0.15, -0.1) is 0 Å². The first-order valence-corrected chi connectivity index (χ1v) is 6.60. The first kappa shape index (κ1) is 13.9. The number of amides is 1. The zero-order chi connectivity index (χ0) is 14.4. The number of nitrogens with one attached hydrogen (secondary N) is 3. The molecule has 1 aromatic heterocycles. The second-order valence-electron chi connectivity index (χ2n) is 4.37. The first-order chi connectivity index (χ1) is 9.70. The number of benzene rings is 1. The van der Waals surface area contributed by atoms with Crippen molar-refractivity contribution in [3.63, 3.8) is 0 Å². The van der Waals surface area contributed by atoms with Gasteiger partial charge in [-0.3, -0.25) is 4.79 Å². The maximum absolute atomic E-state index is 11.7. The lowest BCUT2D eigenvalue weighted by Crippen LogP contribution is -2.22. The molecule has 1 aromatic carbocycles. The SMILES string of the molecule is CCNC(=O)c1ccc(NCCc2ncc[nH]2)c(N)c1. The van der Waals surface area contributed by atoms with Crippen molar-refractivity contribution in [2.45, 2.75) is 13.3 Å². The van der Waals surface area contributed by atoms with Gasteiger partial charge in [0.15, 0.2) is 0 Å². The molecule has 1 amide bonds. The molecule has 6 nitrogen and oxygen atoms in total. The quantitative estimate of drug-likeness (QED) is 0.598. The van der Waals surface area contributed by atoms with Gasteiger partial charge < -0.3 is 21.4 Å². The van der Waals surface area contributed by atoms with E-state index in [1.54, 1.807) is 24.5 Å². The van der Waals surface area contributed by atoms with Crippen LogP contribution in [0.5, 0.6) is 0 Å². The summed E-state index contributed by atoms with van der Waals surface area (Å²) in [5.74, 6) is 0.816. The molecule has 0 aliphatic rings. The van der Waals surface area contributed by atoms with Crippen LogP contribution >= 0.6 is 0 Å². The van der Waals surface area contributed by atoms with Gasteiger partial charge in [-0.2, -0.15) is 0 Å². The monoisotopic (exact) mass is 273 g/mol. The molecule has 106 valence electrons. The van der Waals surface area contributed by atoms with E-state index >= 15 is 0 Å². The number of H-pyrrole nitrogens is 1. The summed E-state index contributed by atoms with van der Waals surface area (Å²) >= 11 is 0. The van der Waals surface area contributed by atoms with Crippen LogP contribution < -0.4 is 16.4 Å². The third kappa shape index (κ3) is 3.50. The lowest BCUT2D eigenvalue weighted by molar-refractivity contribution is 0.0956. The van der Waals surface area contributed by atoms with Gasteiger partial charge in [-0.05, 0) is 25.1 Å². The molecule has 0 unspecified atom stereocenters. The van der Waals surface area contributed by atoms with Crippen LogP contribution in [0.3, 0.4) is 0 Å². The molecule has 0 saturated heterocycles. The van der Waals surface area contributed by atoms with Crippen LogP contribution in [0.1, 0.15) is 23.1 Å². The highest BCUT2D eigenvalue weighted by atomic mass is 16.1. The zero-order valence-electron chi connectivity index (χ0n) is 11.4. The van der Waals surface area contributed by atoms with E-state index in [4.69, 9.17) is 5.73 Å². The third-order valence-electron chi connectivity index (χ3n) is 2.88. The number of nitrogen functional groups attached to an aromatic ring is 1. The van der Waals surface area contributed by atoms with Crippen LogP contribution in [0.25, 0.3) is 0 Å². The summed E-state index contributed by atoms with van der Waals surface area (Å²) in [5.41, 5.74) is 7.91. The number of carbonyl (C=O) groups excluding carboxylic acids is 1. The topological polar surface area (TPSA) is 95.8 Å². The lowest BCUT2D eigenvalue weighted by Gasteiger charge is -2.10. The Morgan fingerprint density at radius 2 is 2.30 bits per heavy atom. The minimum atomic E-state index is -0.110. The van der Waals surface area contributed by atoms with E-state index in [9.17, 15) is 4.79 Å². The van der Waals surface area contributed by atoms with Crippen LogP contribution in [-0.2, 0) is 6.42 Å². The summed E-state index contributed by atoms with van der Waals surface area (Å²) in [6.45, 7) is 3.20. The Morgan fingerprint density at radius 3 is 2.95 bits per heavy atom. The van der Waals surface area contributed by atoms with Crippen LogP contribution in [0.4, 0.5) is 11.4 Å². The number of carbonyl (C=O) groups is 1. The van der Waals surface area contributed by atoms with Crippen molar-refractivity contribution in [1.82, 2.24) is 15.3 Å². The predicted molar refractivity (Wildman–Crippen MR) is 79.6 cm³/mol. The number of anilines is 2. The normalized spacial score (nSPS) is 10.2. The number of rotatable bonds is 6. The average Bonchev–Trinajstić information content (AvgIpc) is 2.94. The molecule has 0 fully saturated rings. The fourth-order valence-corrected chi connectivity index (χ4v) is 1.88. The highest BCUT2D eigenvalue weighted by Crippen LogP contribution is 2.19. The van der Waals surface area contributed by atoms with Crippen molar-refractivity contribution in [3.05, 3.63) is 42.0 Å². The number of nitrogens with two attached hydrogens (primary N) is 1. The average molecular weight is 273 g/mol. The standard InChI is InChI=1S/C14H19N5O/c1-2-16-14(20)10-3-4-12(11(15)9-10)17-6-5-13-18-7-8-19-13/h3-4,7-9,17H,2,5-6,15H2,1H3,(H,16,20)(H,18,19). The molecule has 0 bridgehead atoms. The van der Waals surface area contributed by atoms with Crippen LogP contribution in [0.2, 0.25) is 0 Å². The van der Waals surface area contributed by atoms with Crippen LogP contribution in [0, 0.1) is 0 Å². The van der Waals surface area contributed by atoms with Gasteiger partial charge in [0.25, 0.3) is 5.91 Å². The molecule has 6 heteroatoms. The van der Waals surface area contributed by atoms with E-state index in [0.717, 1.165) is 24.5 Å². The van der Waals surface area contributed by atoms with E-state index in [2.05, 4.69) is 20.6 Å². The molecule has 0 radical (unpaired) electrons. The van der Waals surface area contributed by atoms with Crippen molar-refractivity contribution in [2.75, 3.05) is 24.1 Å². The number of hydrogen-bond donors (Lipinski definition) is 4. The highest BCUT2D eigenvalue weighted by Gasteiger charge is 2.07. The van der Waals surface area contributed by atoms with E-state index in [1.165, 1.54) is 0 Å². The molecule has 0 spiro atoms. The molecule has 2 rings (SSSR count). The number of aromatic nitrogens is 2. The van der Waals surface area contributed by atoms with Crippen molar-refractivity contribution >= 4 is 17.3 Å². The summed E-state index contributed by atoms with van der Waals surface area (Å²) in [7, 11) is 0. The number of hydrogen-bond acceptors (Lipinski definition) is 4. The van der Waals surface area contributed by atoms with Gasteiger partial charge >= 0.3 is 0 Å². The fraction of sp³-hybridized carbons (Fsp3) is 0.286. The highest BCUT2D eigenvalue weighted by molar-refractivity contribution is 5.96. The minimum Gasteiger partial charge on any atom is -0.397 e. The number of imidazole rings is 1. The Hall–Kier alpha value is -2.50. The van der Waals surface area contributed by atoms with Gasteiger partial charge in [0, 0.05) is 37.5 Å². The van der Waals surface area contributed by atoms with Gasteiger partial charge in [-0.1, -0.05) is 0 Å². The van der Waals surface area contributed by atoms with Crippen molar-refractivity contribution in [3.8, 4) is 0 Å². The molecule has 5 N–H and O–H groups in total. The van der Waals surface area contributed by atoms with Crippen molar-refractivity contribution in [1.29, 1.82) is 0 Å². The van der Waals surface area contributed by atoms with Gasteiger partial charge in [0.05, 0.1) is 11.4 Å². The maximum atomic E-state index is 11.7. The van der Waals surface area contributed by atoms with E-state index in [-0.39, 0.29) is 5.91 Å². The van der Waals surface area contributed by atoms with Crippen LogP contribution in [0.15, 0.2) is 30.6 Å². The Morgan fingerprint density at radius 1 is 1.45 bits per heavy atom. The first-order valence-electron chi connectivity index (χ1n) is 6.60. The van der Waals surface area contributed by atoms with E-state index in [0.29, 0.717) is 17.8 Å². The Balaban J connectivity index is 1.93. The predicted octanol–water partition coefficient (Wildman–Crippen LogP) is 1.40. The fourth-order valence-electron chi connectivity index (χ4n) is 1.88. The second kappa shape index (κ2) is 6.60. The maximum Gasteiger partial charge on any atom is 0.251 e. The molecule has 20 heavy (non-hydrogen) atoms. The number of nitrogens with zero attached hydrogens (tertiary/aromatic N) is 1. The summed E-state index contributed by atoms with van der Waals surface area (Å²) in [4.78, 5) is 18.9. The Kier molecular flexibility index (Phi) is 4.60. The summed E-state index contributed by atoms with van der Waals surface area (Å²) in [6, 6.07) is 5.26. The zero-order valence-corrected chi connectivity index (χ0v) is 11.4.